The van der Waals surface area contributed by atoms with E-state index in [0.717, 1.165) is 16.7 Å². The van der Waals surface area contributed by atoms with E-state index in [9.17, 15) is 4.79 Å². The highest BCUT2D eigenvalue weighted by Gasteiger charge is 2.25. The van der Waals surface area contributed by atoms with Crippen molar-refractivity contribution < 1.29 is 4.74 Å². The van der Waals surface area contributed by atoms with Gasteiger partial charge >= 0.3 is 0 Å². The number of ether oxygens (including phenoxy) is 1. The van der Waals surface area contributed by atoms with Crippen LogP contribution in [0.3, 0.4) is 0 Å². The first kappa shape index (κ1) is 10.8. The van der Waals surface area contributed by atoms with E-state index in [1.54, 1.807) is 12.1 Å². The van der Waals surface area contributed by atoms with Gasteiger partial charge in [-0.15, -0.1) is 0 Å². The summed E-state index contributed by atoms with van der Waals surface area (Å²) in [5.74, 6) is 0.732. The highest BCUT2D eigenvalue weighted by atomic mass is 16.5. The average Bonchev–Trinajstić information content (AvgIpc) is 2.80. The molecule has 0 amide bonds. The van der Waals surface area contributed by atoms with E-state index in [1.807, 2.05) is 0 Å². The molecule has 5 heteroatoms. The van der Waals surface area contributed by atoms with Crippen LogP contribution in [0.25, 0.3) is 10.9 Å². The molecule has 0 aliphatic carbocycles. The topological polar surface area (TPSA) is 91.9 Å². The van der Waals surface area contributed by atoms with E-state index >= 15 is 0 Å². The summed E-state index contributed by atoms with van der Waals surface area (Å²) < 4.78 is 5.75. The predicted octanol–water partition coefficient (Wildman–Crippen LogP) is 0.662. The van der Waals surface area contributed by atoms with Gasteiger partial charge in [0.2, 0.25) is 5.56 Å². The Kier molecular flexibility index (Phi) is 2.32. The third kappa shape index (κ3) is 1.47. The second-order valence-corrected chi connectivity index (χ2v) is 4.32. The Morgan fingerprint density at radius 2 is 2.39 bits per heavy atom. The molecule has 90 valence electrons. The van der Waals surface area contributed by atoms with E-state index in [0.29, 0.717) is 24.0 Å². The van der Waals surface area contributed by atoms with Crippen LogP contribution in [0.15, 0.2) is 23.0 Å². The lowest BCUT2D eigenvalue weighted by atomic mass is 10.0. The number of aromatic nitrogens is 1. The Labute approximate surface area is 103 Å². The van der Waals surface area contributed by atoms with Crippen molar-refractivity contribution >= 4 is 10.9 Å². The molecule has 1 aromatic carbocycles. The van der Waals surface area contributed by atoms with Gasteiger partial charge in [-0.3, -0.25) is 4.79 Å². The first-order valence-corrected chi connectivity index (χ1v) is 5.68. The van der Waals surface area contributed by atoms with Gasteiger partial charge in [-0.05, 0) is 17.7 Å². The molecule has 2 aromatic rings. The number of nitriles is 1. The van der Waals surface area contributed by atoms with Crippen molar-refractivity contribution in [2.24, 2.45) is 5.73 Å². The molecule has 0 bridgehead atoms. The fourth-order valence-corrected chi connectivity index (χ4v) is 2.33. The number of nitrogens with two attached hydrogens (primary N) is 1. The van der Waals surface area contributed by atoms with Crippen LogP contribution in [0, 0.1) is 11.3 Å². The normalized spacial score (nSPS) is 17.2. The van der Waals surface area contributed by atoms with E-state index < -0.39 is 0 Å². The van der Waals surface area contributed by atoms with Crippen LogP contribution in [0.4, 0.5) is 0 Å². The molecule has 0 fully saturated rings. The van der Waals surface area contributed by atoms with Crippen molar-refractivity contribution in [3.63, 3.8) is 0 Å². The van der Waals surface area contributed by atoms with Gasteiger partial charge in [-0.2, -0.15) is 5.26 Å². The molecule has 1 atom stereocenters. The molecular formula is C13H11N3O2. The molecular weight excluding hydrogens is 230 g/mol. The maximum Gasteiger partial charge on any atom is 0.248 e. The van der Waals surface area contributed by atoms with Crippen molar-refractivity contribution in [1.29, 1.82) is 5.26 Å². The molecule has 1 aliphatic heterocycles. The molecule has 0 spiro atoms. The number of H-pyrrole nitrogens is 1. The number of nitrogens with one attached hydrogen (secondary N) is 1. The molecule has 0 saturated heterocycles. The highest BCUT2D eigenvalue weighted by molar-refractivity contribution is 5.91. The zero-order chi connectivity index (χ0) is 12.7. The molecule has 1 unspecified atom stereocenters. The number of nitrogens with zero attached hydrogens (tertiary/aromatic N) is 1. The van der Waals surface area contributed by atoms with Crippen molar-refractivity contribution in [2.75, 3.05) is 6.54 Å². The number of pyridine rings is 1. The zero-order valence-electron chi connectivity index (χ0n) is 9.56. The number of hydrogen-bond acceptors (Lipinski definition) is 4. The van der Waals surface area contributed by atoms with Crippen molar-refractivity contribution in [3.05, 3.63) is 39.7 Å². The summed E-state index contributed by atoms with van der Waals surface area (Å²) in [4.78, 5) is 14.0. The summed E-state index contributed by atoms with van der Waals surface area (Å²) in [6.07, 6.45) is 0.652. The quantitative estimate of drug-likeness (QED) is 0.767. The van der Waals surface area contributed by atoms with Gasteiger partial charge in [-0.25, -0.2) is 0 Å². The predicted molar refractivity (Wildman–Crippen MR) is 66.5 cm³/mol. The van der Waals surface area contributed by atoms with Crippen LogP contribution in [-0.2, 0) is 6.42 Å². The van der Waals surface area contributed by atoms with Crippen molar-refractivity contribution in [1.82, 2.24) is 4.98 Å². The average molecular weight is 241 g/mol. The molecule has 0 saturated carbocycles. The van der Waals surface area contributed by atoms with E-state index in [-0.39, 0.29) is 11.7 Å². The third-order valence-corrected chi connectivity index (χ3v) is 3.16. The van der Waals surface area contributed by atoms with Crippen LogP contribution in [0.5, 0.6) is 5.75 Å². The Balaban J connectivity index is 2.34. The standard InChI is InChI=1S/C13H11N3O2/c14-5-8-3-7-4-9(6-15)18-13(7)10-1-2-11(17)16-12(8)10/h1-3,9H,4,6,15H2,(H,16,17). The summed E-state index contributed by atoms with van der Waals surface area (Å²) >= 11 is 0. The van der Waals surface area contributed by atoms with Gasteiger partial charge in [0.05, 0.1) is 11.1 Å². The Bertz CT molecular complexity index is 727. The minimum Gasteiger partial charge on any atom is -0.488 e. The first-order valence-electron chi connectivity index (χ1n) is 5.68. The highest BCUT2D eigenvalue weighted by Crippen LogP contribution is 2.36. The molecule has 5 nitrogen and oxygen atoms in total. The first-order chi connectivity index (χ1) is 8.72. The van der Waals surface area contributed by atoms with E-state index in [2.05, 4.69) is 11.1 Å². The molecule has 3 N–H and O–H groups in total. The van der Waals surface area contributed by atoms with Crippen LogP contribution >= 0.6 is 0 Å². The largest absolute Gasteiger partial charge is 0.488 e. The molecule has 1 aromatic heterocycles. The second kappa shape index (κ2) is 3.86. The van der Waals surface area contributed by atoms with Crippen LogP contribution in [0.1, 0.15) is 11.1 Å². The van der Waals surface area contributed by atoms with Crippen molar-refractivity contribution in [2.45, 2.75) is 12.5 Å². The lowest BCUT2D eigenvalue weighted by molar-refractivity contribution is 0.244. The fourth-order valence-electron chi connectivity index (χ4n) is 2.33. The van der Waals surface area contributed by atoms with Crippen molar-refractivity contribution in [3.8, 4) is 11.8 Å². The van der Waals surface area contributed by atoms with Gasteiger partial charge in [0.25, 0.3) is 0 Å². The third-order valence-electron chi connectivity index (χ3n) is 3.16. The molecule has 18 heavy (non-hydrogen) atoms. The summed E-state index contributed by atoms with van der Waals surface area (Å²) in [6.45, 7) is 0.432. The lowest BCUT2D eigenvalue weighted by Gasteiger charge is -2.08. The van der Waals surface area contributed by atoms with Gasteiger partial charge < -0.3 is 15.5 Å². The maximum atomic E-state index is 11.3. The Hall–Kier alpha value is -2.32. The number of benzene rings is 1. The SMILES string of the molecule is N#Cc1cc2c(c3ccc(=O)[nH]c13)OC(CN)C2. The smallest absolute Gasteiger partial charge is 0.248 e. The van der Waals surface area contributed by atoms with E-state index in [1.165, 1.54) is 6.07 Å². The maximum absolute atomic E-state index is 11.3. The molecule has 0 radical (unpaired) electrons. The molecule has 1 aliphatic rings. The summed E-state index contributed by atoms with van der Waals surface area (Å²) in [5.41, 5.74) is 7.34. The zero-order valence-corrected chi connectivity index (χ0v) is 9.56. The summed E-state index contributed by atoms with van der Waals surface area (Å²) in [7, 11) is 0. The van der Waals surface area contributed by atoms with Gasteiger partial charge in [0.15, 0.2) is 0 Å². The summed E-state index contributed by atoms with van der Waals surface area (Å²) in [5, 5.41) is 9.91. The molecule has 2 heterocycles. The van der Waals surface area contributed by atoms with Gasteiger partial charge in [-0.1, -0.05) is 0 Å². The van der Waals surface area contributed by atoms with E-state index in [4.69, 9.17) is 15.7 Å². The Morgan fingerprint density at radius 3 is 3.11 bits per heavy atom. The fraction of sp³-hybridized carbons (Fsp3) is 0.231. The number of fused-ring (bicyclic) bond motifs is 3. The second-order valence-electron chi connectivity index (χ2n) is 4.32. The Morgan fingerprint density at radius 1 is 1.56 bits per heavy atom. The molecule has 3 rings (SSSR count). The summed E-state index contributed by atoms with van der Waals surface area (Å²) in [6, 6.07) is 6.99. The van der Waals surface area contributed by atoms with Crippen LogP contribution in [-0.4, -0.2) is 17.6 Å². The number of rotatable bonds is 1. The monoisotopic (exact) mass is 241 g/mol. The van der Waals surface area contributed by atoms with Crippen LogP contribution < -0.4 is 16.0 Å². The lowest BCUT2D eigenvalue weighted by Crippen LogP contribution is -2.24. The number of hydrogen-bond donors (Lipinski definition) is 2. The van der Waals surface area contributed by atoms with Gasteiger partial charge in [0, 0.05) is 24.4 Å². The van der Waals surface area contributed by atoms with Crippen LogP contribution in [0.2, 0.25) is 0 Å². The number of aromatic amines is 1. The van der Waals surface area contributed by atoms with Gasteiger partial charge in [0.1, 0.15) is 17.9 Å². The minimum atomic E-state index is -0.229. The minimum absolute atomic E-state index is 0.0518.